The molecule has 0 saturated carbocycles. The zero-order valence-electron chi connectivity index (χ0n) is 59.6. The standard InChI is InChI=1S/C21H31NO6.C12H23NO4.C9H10O3.13H2/c1-15(2)12-17(22(6)20(25)28-21(3,4)5)19(24)27-14-18(23)26-13-16-10-8-7-9-11-16;1-8(2)7-9(10(14)15)13(6)11(16)17-12(3,4)5;10-6-9(11)12-7-8-4-2-1-3-5-8;;;;;;;;;;;;;/h7-11,15,17H,12-14H2,1-6H3;8-9H,7H2,1-6H3,(H,14,15);1-5,10H,6-7H2;13*1H/t17-;9-;;;;;;;;;;;;;;/m00............../s1/i;;;12*1+1D;1+1. The summed E-state index contributed by atoms with van der Waals surface area (Å²) in [6.07, 6.45) is -0.439. The number of aliphatic carboxylic acids is 1. The monoisotopic (exact) mass is 856 g/mol. The van der Waals surface area contributed by atoms with Crippen LogP contribution in [0.4, 0.5) is 9.59 Å². The Hall–Kier alpha value is -5.18. The number of aliphatic hydroxyl groups is 1. The van der Waals surface area contributed by atoms with Gasteiger partial charge >= 0.3 is 36.1 Å². The number of hydrogen-bond acceptors (Lipinski definition) is 12. The summed E-state index contributed by atoms with van der Waals surface area (Å²) < 4.78 is 145. The van der Waals surface area contributed by atoms with Crippen molar-refractivity contribution in [1.82, 2.24) is 9.80 Å². The van der Waals surface area contributed by atoms with Crippen LogP contribution in [-0.2, 0) is 56.1 Å². The number of rotatable bonds is 15. The lowest BCUT2D eigenvalue weighted by molar-refractivity contribution is -0.162. The summed E-state index contributed by atoms with van der Waals surface area (Å²) in [4.78, 5) is 72.3. The van der Waals surface area contributed by atoms with Gasteiger partial charge in [0, 0.05) is 51.2 Å². The molecule has 2 aromatic rings. The number of benzene rings is 2. The van der Waals surface area contributed by atoms with E-state index in [9.17, 15) is 28.8 Å². The summed E-state index contributed by atoms with van der Waals surface area (Å²) in [5, 5.41) is 17.4. The molecule has 0 fully saturated rings. The van der Waals surface area contributed by atoms with Crippen LogP contribution in [0.2, 0.25) is 0 Å². The van der Waals surface area contributed by atoms with Crippen LogP contribution in [0.25, 0.3) is 0 Å². The highest BCUT2D eigenvalue weighted by molar-refractivity contribution is 5.83. The molecule has 0 unspecified atom stereocenters. The first kappa shape index (κ1) is 33.9. The van der Waals surface area contributed by atoms with Crippen molar-refractivity contribution in [3.05, 3.63) is 71.8 Å². The summed E-state index contributed by atoms with van der Waals surface area (Å²) in [6.45, 7) is 17.4. The topological polar surface area (TPSA) is 196 Å². The molecule has 2 aromatic carbocycles. The second-order valence-electron chi connectivity index (χ2n) is 15.9. The van der Waals surface area contributed by atoms with Crippen LogP contribution < -0.4 is 0 Å². The van der Waals surface area contributed by atoms with E-state index in [1.165, 1.54) is 19.0 Å². The van der Waals surface area contributed by atoms with Gasteiger partial charge in [0.05, 0.1) is 0 Å². The first-order valence-electron chi connectivity index (χ1n) is 30.7. The Labute approximate surface area is 376 Å². The molecule has 15 nitrogen and oxygen atoms in total. The smallest absolute Gasteiger partial charge is 0.410 e. The average molecular weight is 856 g/mol. The maximum Gasteiger partial charge on any atom is 0.410 e. The molecule has 346 valence electrons. The third-order valence-corrected chi connectivity index (χ3v) is 7.19. The Kier molecular flexibility index (Phi) is 15.4. The fraction of sp³-hybridized carbons (Fsp3) is 0.571. The van der Waals surface area contributed by atoms with E-state index in [0.29, 0.717) is 12.8 Å². The molecular formula is C42H90N2O13. The second kappa shape index (κ2) is 25.9. The first-order chi connectivity index (χ1) is 38.4. The molecule has 0 saturated heterocycles. The predicted octanol–water partition coefficient (Wildman–Crippen LogP) is 9.83. The van der Waals surface area contributed by atoms with Crippen molar-refractivity contribution in [3.63, 3.8) is 0 Å². The number of amides is 2. The first-order valence-corrected chi connectivity index (χ1v) is 18.7. The number of carbonyl (C=O) groups is 6. The molecule has 57 heavy (non-hydrogen) atoms. The van der Waals surface area contributed by atoms with Gasteiger partial charge in [0.1, 0.15) is 43.1 Å². The van der Waals surface area contributed by atoms with Gasteiger partial charge in [-0.25, -0.2) is 28.8 Å². The molecule has 2 rings (SSSR count). The Balaban J connectivity index is -0.0000000615. The number of ether oxygens (including phenoxy) is 5. The van der Waals surface area contributed by atoms with E-state index >= 15 is 0 Å². The molecule has 0 spiro atoms. The van der Waals surface area contributed by atoms with E-state index in [1.807, 2.05) is 88.4 Å². The number of carboxylic acid groups (broad SMARTS) is 1. The minimum atomic E-state index is -1.01. The van der Waals surface area contributed by atoms with Gasteiger partial charge in [0.25, 0.3) is 0 Å². The number of hydrogen-bond donors (Lipinski definition) is 2. The van der Waals surface area contributed by atoms with E-state index < -0.39 is 72.6 Å². The summed E-state index contributed by atoms with van der Waals surface area (Å²) in [5.74, 6) is -2.60. The quantitative estimate of drug-likeness (QED) is 0.127. The van der Waals surface area contributed by atoms with E-state index in [4.69, 9.17) is 64.8 Å². The summed E-state index contributed by atoms with van der Waals surface area (Å²) in [5.41, 5.74) is 0.453. The molecule has 0 bridgehead atoms. The Morgan fingerprint density at radius 1 is 0.632 bits per heavy atom. The molecule has 0 aliphatic heterocycles. The molecule has 2 amide bonds. The van der Waals surface area contributed by atoms with Crippen molar-refractivity contribution >= 4 is 36.1 Å². The lowest BCUT2D eigenvalue weighted by Crippen LogP contribution is -2.46. The number of esters is 3. The molecular weight excluding hydrogens is 740 g/mol. The van der Waals surface area contributed by atoms with Gasteiger partial charge in [-0.15, -0.1) is 0 Å². The van der Waals surface area contributed by atoms with E-state index in [-0.39, 0.29) is 26.5 Å². The highest BCUT2D eigenvalue weighted by Gasteiger charge is 2.33. The highest BCUT2D eigenvalue weighted by atomic mass is 16.6. The number of carboxylic acids is 1. The van der Waals surface area contributed by atoms with Crippen molar-refractivity contribution in [3.8, 4) is 0 Å². The average Bonchev–Trinajstić information content (AvgIpc) is 3.49. The largest absolute Gasteiger partial charge is 0.480 e. The van der Waals surface area contributed by atoms with Gasteiger partial charge < -0.3 is 33.9 Å². The lowest BCUT2D eigenvalue weighted by Gasteiger charge is -2.30. The third kappa shape index (κ3) is 24.8. The minimum Gasteiger partial charge on any atom is -0.480 e. The third-order valence-electron chi connectivity index (χ3n) is 7.19. The van der Waals surface area contributed by atoms with Crippen LogP contribution in [0.3, 0.4) is 0 Å². The normalized spacial score (nSPS) is 13.7. The van der Waals surface area contributed by atoms with Crippen LogP contribution in [0.5, 0.6) is 0 Å². The Morgan fingerprint density at radius 2 is 1.00 bits per heavy atom. The van der Waals surface area contributed by atoms with Crippen molar-refractivity contribution in [1.29, 1.82) is 0 Å². The fourth-order valence-electron chi connectivity index (χ4n) is 4.44. The fourth-order valence-corrected chi connectivity index (χ4v) is 4.44. The Bertz CT molecular complexity index is 1590. The van der Waals surface area contributed by atoms with Crippen molar-refractivity contribution in [2.75, 3.05) is 27.3 Å². The summed E-state index contributed by atoms with van der Waals surface area (Å²) >= 11 is 0. The van der Waals surface area contributed by atoms with Gasteiger partial charge in [-0.05, 0) is 77.3 Å². The SMILES string of the molecule is CC(C)C[C@@H](C(=O)O)N(C)C(=O)OC(C)(C)C.CC(C)C[C@@H](C(=O)OCC(=O)OCc1ccccc1)N(C)C(=O)OC(C)(C)C.O=C(CO)OCc1ccccc1.[2HH].[2H][2H].[2H][2H].[2H][2H].[2H][2H].[2H][2H].[2H][2H].[2H][2H].[2H][2H].[2H][2H].[2H][2H].[2H][2H].[2H][2H]. The van der Waals surface area contributed by atoms with Crippen molar-refractivity contribution in [2.24, 2.45) is 11.8 Å². The predicted molar refractivity (Wildman–Crippen MR) is 240 cm³/mol. The summed E-state index contributed by atoms with van der Waals surface area (Å²) in [6, 6.07) is 16.8. The molecule has 0 radical (unpaired) electrons. The van der Waals surface area contributed by atoms with Crippen LogP contribution >= 0.6 is 0 Å². The molecule has 2 N–H and O–H groups in total. The second-order valence-corrected chi connectivity index (χ2v) is 15.9. The molecule has 15 heteroatoms. The zero-order chi connectivity index (χ0) is 67.9. The zero-order valence-corrected chi connectivity index (χ0v) is 35.6. The molecule has 0 aliphatic carbocycles. The molecule has 2 atom stereocenters. The molecule has 0 aliphatic rings. The number of likely N-dealkylation sites (N-methyl/N-ethyl adjacent to an activating group) is 2. The van der Waals surface area contributed by atoms with Gasteiger partial charge in [0.2, 0.25) is 0 Å². The number of aliphatic hydroxyl groups excluding tert-OH is 1. The van der Waals surface area contributed by atoms with Gasteiger partial charge in [0.15, 0.2) is 6.61 Å². The van der Waals surface area contributed by atoms with E-state index in [2.05, 4.69) is 4.74 Å². The van der Waals surface area contributed by atoms with Crippen molar-refractivity contribution < 1.29 is 99.7 Å². The van der Waals surface area contributed by atoms with Crippen LogP contribution in [0.15, 0.2) is 60.7 Å². The summed E-state index contributed by atoms with van der Waals surface area (Å²) in [7, 11) is 2.94. The number of carbonyl (C=O) groups excluding carboxylic acids is 5. The Morgan fingerprint density at radius 3 is 1.35 bits per heavy atom. The van der Waals surface area contributed by atoms with Crippen LogP contribution in [0, 0.1) is 11.8 Å². The van der Waals surface area contributed by atoms with Gasteiger partial charge in [-0.3, -0.25) is 9.80 Å². The maximum atomic E-state index is 12.5. The molecule has 0 aromatic heterocycles. The van der Waals surface area contributed by atoms with Gasteiger partial charge in [-0.2, -0.15) is 0 Å². The van der Waals surface area contributed by atoms with Crippen molar-refractivity contribution in [2.45, 2.75) is 119 Å². The van der Waals surface area contributed by atoms with E-state index in [1.54, 1.807) is 41.5 Å². The highest BCUT2D eigenvalue weighted by Crippen LogP contribution is 2.17. The van der Waals surface area contributed by atoms with E-state index in [0.717, 1.165) is 16.0 Å². The van der Waals surface area contributed by atoms with Gasteiger partial charge in [-0.1, -0.05) is 88.4 Å². The molecule has 0 heterocycles. The number of nitrogens with zero attached hydrogens (tertiary/aromatic N) is 2. The maximum absolute atomic E-state index is 12.5. The lowest BCUT2D eigenvalue weighted by atomic mass is 10.0. The van der Waals surface area contributed by atoms with Crippen LogP contribution in [-0.4, -0.2) is 107 Å². The minimum absolute atomic E-state index is 0. The van der Waals surface area contributed by atoms with Crippen LogP contribution in [0.1, 0.15) is 130 Å².